The summed E-state index contributed by atoms with van der Waals surface area (Å²) in [4.78, 5) is 27.0. The normalized spacial score (nSPS) is 20.0. The minimum atomic E-state index is -0.385. The molecule has 25 heavy (non-hydrogen) atoms. The van der Waals surface area contributed by atoms with Crippen LogP contribution in [0.2, 0.25) is 0 Å². The van der Waals surface area contributed by atoms with Crippen LogP contribution >= 0.6 is 0 Å². The molecule has 1 fully saturated rings. The van der Waals surface area contributed by atoms with E-state index in [0.717, 1.165) is 11.6 Å². The van der Waals surface area contributed by atoms with Crippen LogP contribution < -0.4 is 20.7 Å². The fraction of sp³-hybridized carbons (Fsp3) is 0.471. The summed E-state index contributed by atoms with van der Waals surface area (Å²) < 4.78 is 0. The van der Waals surface area contributed by atoms with Crippen molar-refractivity contribution in [2.75, 3.05) is 37.0 Å². The predicted octanol–water partition coefficient (Wildman–Crippen LogP) is -0.0397. The molecule has 0 amide bonds. The highest BCUT2D eigenvalue weighted by Crippen LogP contribution is 2.25. The van der Waals surface area contributed by atoms with Crippen molar-refractivity contribution >= 4 is 11.6 Å². The van der Waals surface area contributed by atoms with Crippen LogP contribution in [0.3, 0.4) is 0 Å². The first-order valence-corrected chi connectivity index (χ1v) is 8.36. The quantitative estimate of drug-likeness (QED) is 0.676. The van der Waals surface area contributed by atoms with Gasteiger partial charge in [-0.2, -0.15) is 0 Å². The van der Waals surface area contributed by atoms with Crippen LogP contribution in [0.25, 0.3) is 0 Å². The van der Waals surface area contributed by atoms with Gasteiger partial charge in [-0.25, -0.2) is 9.97 Å². The van der Waals surface area contributed by atoms with Gasteiger partial charge in [0.15, 0.2) is 0 Å². The Labute approximate surface area is 146 Å². The average Bonchev–Trinajstić information content (AvgIpc) is 2.97. The van der Waals surface area contributed by atoms with E-state index in [4.69, 9.17) is 0 Å². The van der Waals surface area contributed by atoms with Crippen molar-refractivity contribution in [3.8, 4) is 0 Å². The Balaban J connectivity index is 1.66. The van der Waals surface area contributed by atoms with Gasteiger partial charge in [0.1, 0.15) is 18.0 Å². The van der Waals surface area contributed by atoms with E-state index >= 15 is 0 Å². The summed E-state index contributed by atoms with van der Waals surface area (Å²) in [6, 6.07) is 5.66. The zero-order valence-electron chi connectivity index (χ0n) is 14.5. The monoisotopic (exact) mass is 344 g/mol. The maximum atomic E-state index is 11.7. The number of nitrogens with zero attached hydrogens (tertiary/aromatic N) is 4. The van der Waals surface area contributed by atoms with Gasteiger partial charge < -0.3 is 25.2 Å². The van der Waals surface area contributed by atoms with E-state index in [0.29, 0.717) is 31.6 Å². The fourth-order valence-electron chi connectivity index (χ4n) is 3.07. The van der Waals surface area contributed by atoms with Crippen LogP contribution in [0.1, 0.15) is 12.0 Å². The largest absolute Gasteiger partial charge is 0.391 e. The van der Waals surface area contributed by atoms with Crippen molar-refractivity contribution < 1.29 is 5.11 Å². The number of aliphatic hydroxyl groups is 1. The second-order valence-corrected chi connectivity index (χ2v) is 6.48. The molecule has 0 unspecified atom stereocenters. The number of aliphatic hydroxyl groups excluding tert-OH is 1. The van der Waals surface area contributed by atoms with Gasteiger partial charge in [-0.1, -0.05) is 6.07 Å². The van der Waals surface area contributed by atoms with Crippen LogP contribution in [0.4, 0.5) is 11.6 Å². The van der Waals surface area contributed by atoms with E-state index in [9.17, 15) is 9.90 Å². The van der Waals surface area contributed by atoms with Crippen molar-refractivity contribution in [3.05, 3.63) is 46.6 Å². The maximum Gasteiger partial charge on any atom is 0.252 e. The number of anilines is 2. The molecule has 1 saturated heterocycles. The molecule has 8 heteroatoms. The number of nitrogens with one attached hydrogen (secondary N) is 2. The molecule has 1 aliphatic heterocycles. The summed E-state index contributed by atoms with van der Waals surface area (Å²) in [7, 11) is 3.86. The smallest absolute Gasteiger partial charge is 0.252 e. The van der Waals surface area contributed by atoms with E-state index in [-0.39, 0.29) is 17.7 Å². The lowest BCUT2D eigenvalue weighted by molar-refractivity contribution is 0.194. The molecule has 0 radical (unpaired) electrons. The van der Waals surface area contributed by atoms with Gasteiger partial charge in [0.05, 0.1) is 6.10 Å². The number of hydrogen-bond acceptors (Lipinski definition) is 7. The van der Waals surface area contributed by atoms with Crippen molar-refractivity contribution in [2.45, 2.75) is 25.1 Å². The van der Waals surface area contributed by atoms with Crippen LogP contribution in [0.15, 0.2) is 35.5 Å². The minimum absolute atomic E-state index is 0.0789. The molecule has 2 atom stereocenters. The lowest BCUT2D eigenvalue weighted by atomic mass is 10.2. The van der Waals surface area contributed by atoms with Gasteiger partial charge in [0.25, 0.3) is 5.56 Å². The lowest BCUT2D eigenvalue weighted by Gasteiger charge is -2.26. The molecule has 8 nitrogen and oxygen atoms in total. The number of aromatic amines is 1. The second kappa shape index (κ2) is 7.62. The SMILES string of the molecule is CN(C)c1cc(N2C[C@H](O)C[C@@H]2CNCc2ccc[nH]c2=O)ncn1. The summed E-state index contributed by atoms with van der Waals surface area (Å²) in [5.74, 6) is 1.63. The first-order valence-electron chi connectivity index (χ1n) is 8.36. The molecule has 134 valence electrons. The summed E-state index contributed by atoms with van der Waals surface area (Å²) in [6.45, 7) is 1.69. The summed E-state index contributed by atoms with van der Waals surface area (Å²) in [5.41, 5.74) is 0.620. The van der Waals surface area contributed by atoms with E-state index < -0.39 is 0 Å². The molecular formula is C17H24N6O2. The molecule has 3 N–H and O–H groups in total. The Morgan fingerprint density at radius 1 is 1.44 bits per heavy atom. The Hall–Kier alpha value is -2.45. The van der Waals surface area contributed by atoms with Crippen molar-refractivity contribution in [2.24, 2.45) is 0 Å². The van der Waals surface area contributed by atoms with Crippen LogP contribution in [-0.4, -0.2) is 59.4 Å². The zero-order chi connectivity index (χ0) is 17.8. The molecule has 0 bridgehead atoms. The first kappa shape index (κ1) is 17.4. The van der Waals surface area contributed by atoms with E-state index in [2.05, 4.69) is 25.2 Å². The topological polar surface area (TPSA) is 97.4 Å². The molecule has 3 rings (SSSR count). The number of hydrogen-bond donors (Lipinski definition) is 3. The van der Waals surface area contributed by atoms with E-state index in [1.54, 1.807) is 18.6 Å². The molecular weight excluding hydrogens is 320 g/mol. The third kappa shape index (κ3) is 4.15. The third-order valence-electron chi connectivity index (χ3n) is 4.38. The highest BCUT2D eigenvalue weighted by molar-refractivity contribution is 5.51. The fourth-order valence-corrected chi connectivity index (χ4v) is 3.07. The molecule has 2 aromatic rings. The molecule has 3 heterocycles. The first-order chi connectivity index (χ1) is 12.0. The van der Waals surface area contributed by atoms with Gasteiger partial charge in [0, 0.05) is 57.6 Å². The minimum Gasteiger partial charge on any atom is -0.391 e. The Bertz CT molecular complexity index is 763. The average molecular weight is 344 g/mol. The van der Waals surface area contributed by atoms with Gasteiger partial charge in [0.2, 0.25) is 0 Å². The Morgan fingerprint density at radius 3 is 3.04 bits per heavy atom. The molecule has 0 saturated carbocycles. The van der Waals surface area contributed by atoms with Gasteiger partial charge >= 0.3 is 0 Å². The predicted molar refractivity (Wildman–Crippen MR) is 96.9 cm³/mol. The van der Waals surface area contributed by atoms with Crippen LogP contribution in [0.5, 0.6) is 0 Å². The Morgan fingerprint density at radius 2 is 2.28 bits per heavy atom. The number of aromatic nitrogens is 3. The molecule has 0 aliphatic carbocycles. The van der Waals surface area contributed by atoms with E-state index in [1.165, 1.54) is 0 Å². The lowest BCUT2D eigenvalue weighted by Crippen LogP contribution is -2.39. The summed E-state index contributed by atoms with van der Waals surface area (Å²) in [5, 5.41) is 13.4. The van der Waals surface area contributed by atoms with Crippen LogP contribution in [-0.2, 0) is 6.54 Å². The second-order valence-electron chi connectivity index (χ2n) is 6.48. The summed E-state index contributed by atoms with van der Waals surface area (Å²) in [6.07, 6.45) is 3.45. The highest BCUT2D eigenvalue weighted by atomic mass is 16.3. The molecule has 1 aliphatic rings. The maximum absolute atomic E-state index is 11.7. The zero-order valence-corrected chi connectivity index (χ0v) is 14.5. The van der Waals surface area contributed by atoms with Crippen molar-refractivity contribution in [3.63, 3.8) is 0 Å². The number of H-pyrrole nitrogens is 1. The number of β-amino-alcohol motifs (C(OH)–C–C–N with tert-alkyl or cyclic N) is 1. The van der Waals surface area contributed by atoms with Crippen molar-refractivity contribution in [1.29, 1.82) is 0 Å². The van der Waals surface area contributed by atoms with Gasteiger partial charge in [-0.15, -0.1) is 0 Å². The van der Waals surface area contributed by atoms with Gasteiger partial charge in [-0.05, 0) is 12.5 Å². The molecule has 0 aromatic carbocycles. The number of pyridine rings is 1. The molecule has 0 spiro atoms. The molecule has 2 aromatic heterocycles. The Kier molecular flexibility index (Phi) is 5.30. The van der Waals surface area contributed by atoms with Crippen LogP contribution in [0, 0.1) is 0 Å². The van der Waals surface area contributed by atoms with Gasteiger partial charge in [-0.3, -0.25) is 4.79 Å². The van der Waals surface area contributed by atoms with Crippen molar-refractivity contribution in [1.82, 2.24) is 20.3 Å². The number of rotatable bonds is 6. The standard InChI is InChI=1S/C17H24N6O2/c1-22(2)15-7-16(21-11-20-15)23-10-14(24)6-13(23)9-18-8-12-4-3-5-19-17(12)25/h3-5,7,11,13-14,18,24H,6,8-10H2,1-2H3,(H,19,25)/t13-,14-/m1/s1. The van der Waals surface area contributed by atoms with E-state index in [1.807, 2.05) is 31.1 Å². The highest BCUT2D eigenvalue weighted by Gasteiger charge is 2.31. The summed E-state index contributed by atoms with van der Waals surface area (Å²) >= 11 is 0. The third-order valence-corrected chi connectivity index (χ3v) is 4.38.